The Morgan fingerprint density at radius 3 is 2.56 bits per heavy atom. The van der Waals surface area contributed by atoms with E-state index >= 15 is 0 Å². The number of ether oxygens (including phenoxy) is 2. The summed E-state index contributed by atoms with van der Waals surface area (Å²) in [6, 6.07) is 0. The predicted molar refractivity (Wildman–Crippen MR) is 32.9 cm³/mol. The number of hydrogen-bond donors (Lipinski definition) is 0. The summed E-state index contributed by atoms with van der Waals surface area (Å²) in [5.41, 5.74) is 0. The first-order valence-corrected chi connectivity index (χ1v) is 3.04. The van der Waals surface area contributed by atoms with E-state index in [-0.39, 0.29) is 12.8 Å². The van der Waals surface area contributed by atoms with Gasteiger partial charge >= 0.3 is 5.97 Å². The fourth-order valence-corrected chi connectivity index (χ4v) is 0.293. The van der Waals surface area contributed by atoms with Gasteiger partial charge in [-0.25, -0.2) is 0 Å². The van der Waals surface area contributed by atoms with Crippen LogP contribution in [0.25, 0.3) is 0 Å². The molecule has 54 valence electrons. The van der Waals surface area contributed by atoms with E-state index in [1.54, 1.807) is 6.92 Å². The van der Waals surface area contributed by atoms with Crippen molar-refractivity contribution in [1.29, 1.82) is 0 Å². The van der Waals surface area contributed by atoms with Gasteiger partial charge in [-0.1, -0.05) is 6.92 Å². The molecule has 0 saturated carbocycles. The molecule has 3 heteroatoms. The predicted octanol–water partition coefficient (Wildman–Crippen LogP) is 0.934. The van der Waals surface area contributed by atoms with E-state index < -0.39 is 0 Å². The molecule has 0 saturated heterocycles. The zero-order valence-electron chi connectivity index (χ0n) is 5.85. The van der Waals surface area contributed by atoms with Crippen molar-refractivity contribution >= 4 is 5.97 Å². The summed E-state index contributed by atoms with van der Waals surface area (Å²) in [5, 5.41) is 0. The second-order valence-corrected chi connectivity index (χ2v) is 1.48. The lowest BCUT2D eigenvalue weighted by Gasteiger charge is -2.00. The van der Waals surface area contributed by atoms with Gasteiger partial charge in [0.15, 0.2) is 6.79 Å². The van der Waals surface area contributed by atoms with E-state index in [0.29, 0.717) is 13.0 Å². The SMILES string of the molecule is CCOCOC(=O)CC. The summed E-state index contributed by atoms with van der Waals surface area (Å²) in [4.78, 5) is 10.4. The molecule has 0 amide bonds. The van der Waals surface area contributed by atoms with Crippen molar-refractivity contribution in [1.82, 2.24) is 0 Å². The van der Waals surface area contributed by atoms with Crippen LogP contribution in [0.15, 0.2) is 0 Å². The maximum absolute atomic E-state index is 10.4. The van der Waals surface area contributed by atoms with Crippen LogP contribution in [0.5, 0.6) is 0 Å². The molecule has 0 bridgehead atoms. The molecule has 0 aliphatic heterocycles. The molecule has 0 heterocycles. The Morgan fingerprint density at radius 1 is 1.44 bits per heavy atom. The first-order valence-electron chi connectivity index (χ1n) is 3.04. The highest BCUT2D eigenvalue weighted by Crippen LogP contribution is 1.83. The molecule has 0 unspecified atom stereocenters. The molecule has 3 nitrogen and oxygen atoms in total. The Hall–Kier alpha value is -0.570. The molecule has 9 heavy (non-hydrogen) atoms. The molecule has 0 aromatic heterocycles. The van der Waals surface area contributed by atoms with Crippen LogP contribution < -0.4 is 0 Å². The lowest BCUT2D eigenvalue weighted by molar-refractivity contribution is -0.155. The van der Waals surface area contributed by atoms with Gasteiger partial charge in [0.2, 0.25) is 0 Å². The molecule has 0 rings (SSSR count). The van der Waals surface area contributed by atoms with Crippen molar-refractivity contribution in [3.63, 3.8) is 0 Å². The molecule has 0 spiro atoms. The Kier molecular flexibility index (Phi) is 5.21. The first-order chi connectivity index (χ1) is 4.31. The molecule has 0 aromatic carbocycles. The van der Waals surface area contributed by atoms with Gasteiger partial charge < -0.3 is 9.47 Å². The second kappa shape index (κ2) is 5.56. The van der Waals surface area contributed by atoms with Crippen LogP contribution in [0.3, 0.4) is 0 Å². The van der Waals surface area contributed by atoms with Gasteiger partial charge in [0.05, 0.1) is 0 Å². The lowest BCUT2D eigenvalue weighted by Crippen LogP contribution is -2.06. The van der Waals surface area contributed by atoms with E-state index in [4.69, 9.17) is 4.74 Å². The first kappa shape index (κ1) is 8.43. The second-order valence-electron chi connectivity index (χ2n) is 1.48. The van der Waals surface area contributed by atoms with Crippen molar-refractivity contribution in [2.75, 3.05) is 13.4 Å². The number of rotatable bonds is 4. The van der Waals surface area contributed by atoms with Crippen molar-refractivity contribution in [3.8, 4) is 0 Å². The number of carbonyl (C=O) groups is 1. The molecule has 0 aliphatic rings. The van der Waals surface area contributed by atoms with Gasteiger partial charge in [-0.05, 0) is 6.92 Å². The molecule has 0 fully saturated rings. The van der Waals surface area contributed by atoms with E-state index in [1.165, 1.54) is 0 Å². The fraction of sp³-hybridized carbons (Fsp3) is 0.833. The summed E-state index contributed by atoms with van der Waals surface area (Å²) < 4.78 is 9.33. The maximum Gasteiger partial charge on any atom is 0.307 e. The van der Waals surface area contributed by atoms with Crippen molar-refractivity contribution in [2.45, 2.75) is 20.3 Å². The van der Waals surface area contributed by atoms with Crippen molar-refractivity contribution < 1.29 is 14.3 Å². The van der Waals surface area contributed by atoms with Crippen LogP contribution in [-0.4, -0.2) is 19.4 Å². The molecule has 0 radical (unpaired) electrons. The molecule has 0 N–H and O–H groups in total. The Morgan fingerprint density at radius 2 is 2.11 bits per heavy atom. The summed E-state index contributed by atoms with van der Waals surface area (Å²) in [6.07, 6.45) is 0.410. The molecular formula is C6H12O3. The van der Waals surface area contributed by atoms with E-state index in [2.05, 4.69) is 4.74 Å². The van der Waals surface area contributed by atoms with Gasteiger partial charge in [0.25, 0.3) is 0 Å². The normalized spacial score (nSPS) is 9.11. The quantitative estimate of drug-likeness (QED) is 0.324. The van der Waals surface area contributed by atoms with Gasteiger partial charge in [-0.15, -0.1) is 0 Å². The standard InChI is InChI=1S/C6H12O3/c1-3-6(7)9-5-8-4-2/h3-5H2,1-2H3. The minimum Gasteiger partial charge on any atom is -0.438 e. The Bertz CT molecular complexity index is 80.4. The van der Waals surface area contributed by atoms with Crippen LogP contribution in [-0.2, 0) is 14.3 Å². The topological polar surface area (TPSA) is 35.5 Å². The minimum atomic E-state index is -0.219. The third kappa shape index (κ3) is 5.30. The van der Waals surface area contributed by atoms with Crippen LogP contribution in [0, 0.1) is 0 Å². The van der Waals surface area contributed by atoms with Gasteiger partial charge in [0, 0.05) is 13.0 Å². The molecular weight excluding hydrogens is 120 g/mol. The highest BCUT2D eigenvalue weighted by Gasteiger charge is 1.94. The Balaban J connectivity index is 2.97. The van der Waals surface area contributed by atoms with Crippen LogP contribution >= 0.6 is 0 Å². The highest BCUT2D eigenvalue weighted by atomic mass is 16.7. The summed E-state index contributed by atoms with van der Waals surface area (Å²) in [5.74, 6) is -0.219. The van der Waals surface area contributed by atoms with E-state index in [1.807, 2.05) is 6.92 Å². The van der Waals surface area contributed by atoms with Crippen LogP contribution in [0.2, 0.25) is 0 Å². The molecule has 0 atom stereocenters. The van der Waals surface area contributed by atoms with Gasteiger partial charge in [-0.2, -0.15) is 0 Å². The van der Waals surface area contributed by atoms with Gasteiger partial charge in [0.1, 0.15) is 0 Å². The summed E-state index contributed by atoms with van der Waals surface area (Å²) in [7, 11) is 0. The largest absolute Gasteiger partial charge is 0.438 e. The highest BCUT2D eigenvalue weighted by molar-refractivity contribution is 5.68. The number of hydrogen-bond acceptors (Lipinski definition) is 3. The fourth-order valence-electron chi connectivity index (χ4n) is 0.293. The number of esters is 1. The van der Waals surface area contributed by atoms with Crippen molar-refractivity contribution in [2.24, 2.45) is 0 Å². The Labute approximate surface area is 55.0 Å². The molecule has 0 aliphatic carbocycles. The molecule has 0 aromatic rings. The monoisotopic (exact) mass is 132 g/mol. The van der Waals surface area contributed by atoms with Crippen LogP contribution in [0.4, 0.5) is 0 Å². The third-order valence-corrected chi connectivity index (χ3v) is 0.796. The van der Waals surface area contributed by atoms with Gasteiger partial charge in [-0.3, -0.25) is 4.79 Å². The zero-order valence-corrected chi connectivity index (χ0v) is 5.85. The number of carbonyl (C=O) groups excluding carboxylic acids is 1. The summed E-state index contributed by atoms with van der Waals surface area (Å²) >= 11 is 0. The van der Waals surface area contributed by atoms with E-state index in [9.17, 15) is 4.79 Å². The van der Waals surface area contributed by atoms with Crippen molar-refractivity contribution in [3.05, 3.63) is 0 Å². The minimum absolute atomic E-state index is 0.0865. The average Bonchev–Trinajstić information content (AvgIpc) is 1.89. The zero-order chi connectivity index (χ0) is 7.11. The van der Waals surface area contributed by atoms with Crippen LogP contribution in [0.1, 0.15) is 20.3 Å². The average molecular weight is 132 g/mol. The maximum atomic E-state index is 10.4. The van der Waals surface area contributed by atoms with E-state index in [0.717, 1.165) is 0 Å². The lowest BCUT2D eigenvalue weighted by atomic mass is 10.5. The third-order valence-electron chi connectivity index (χ3n) is 0.796. The smallest absolute Gasteiger partial charge is 0.307 e. The summed E-state index contributed by atoms with van der Waals surface area (Å²) in [6.45, 7) is 4.26.